The standard InChI is InChI=1S/C16H14FN3O/c17-12-5-3-6-13(19)15(12)21-16-11(9-18)8-10-4-1-2-7-14(10)20-16/h3,5-6,8H,1-2,4,7,19H2. The highest BCUT2D eigenvalue weighted by Gasteiger charge is 2.18. The predicted molar refractivity (Wildman–Crippen MR) is 76.5 cm³/mol. The van der Waals surface area contributed by atoms with E-state index < -0.39 is 5.82 Å². The molecule has 5 heteroatoms. The lowest BCUT2D eigenvalue weighted by molar-refractivity contribution is 0.425. The smallest absolute Gasteiger partial charge is 0.237 e. The number of nitrogens with two attached hydrogens (primary N) is 1. The van der Waals surface area contributed by atoms with Crippen molar-refractivity contribution in [1.82, 2.24) is 4.98 Å². The minimum Gasteiger partial charge on any atom is -0.432 e. The minimum atomic E-state index is -0.571. The van der Waals surface area contributed by atoms with Gasteiger partial charge in [-0.05, 0) is 49.4 Å². The van der Waals surface area contributed by atoms with Crippen molar-refractivity contribution in [3.63, 3.8) is 0 Å². The Bertz CT molecular complexity index is 717. The van der Waals surface area contributed by atoms with Crippen molar-refractivity contribution in [3.8, 4) is 17.7 Å². The number of nitrogen functional groups attached to an aromatic ring is 1. The number of ether oxygens (including phenoxy) is 1. The van der Waals surface area contributed by atoms with E-state index in [4.69, 9.17) is 10.5 Å². The lowest BCUT2D eigenvalue weighted by Crippen LogP contribution is -2.08. The molecule has 0 saturated heterocycles. The number of aryl methyl sites for hydroxylation is 2. The maximum absolute atomic E-state index is 13.8. The minimum absolute atomic E-state index is 0.0859. The van der Waals surface area contributed by atoms with Gasteiger partial charge in [0.05, 0.1) is 5.69 Å². The van der Waals surface area contributed by atoms with E-state index in [0.717, 1.165) is 36.9 Å². The summed E-state index contributed by atoms with van der Waals surface area (Å²) in [4.78, 5) is 4.39. The molecule has 0 atom stereocenters. The first-order valence-electron chi connectivity index (χ1n) is 6.84. The third-order valence-corrected chi connectivity index (χ3v) is 3.58. The van der Waals surface area contributed by atoms with Gasteiger partial charge < -0.3 is 10.5 Å². The molecular formula is C16H14FN3O. The molecule has 1 aromatic heterocycles. The monoisotopic (exact) mass is 283 g/mol. The molecule has 2 aromatic rings. The molecule has 2 N–H and O–H groups in total. The fourth-order valence-corrected chi connectivity index (χ4v) is 2.50. The Labute approximate surface area is 122 Å². The average molecular weight is 283 g/mol. The number of fused-ring (bicyclic) bond motifs is 1. The van der Waals surface area contributed by atoms with Gasteiger partial charge in [-0.1, -0.05) is 6.07 Å². The van der Waals surface area contributed by atoms with Crippen LogP contribution in [0.3, 0.4) is 0 Å². The molecule has 21 heavy (non-hydrogen) atoms. The Hall–Kier alpha value is -2.61. The highest BCUT2D eigenvalue weighted by Crippen LogP contribution is 2.33. The van der Waals surface area contributed by atoms with Crippen molar-refractivity contribution in [1.29, 1.82) is 5.26 Å². The highest BCUT2D eigenvalue weighted by atomic mass is 19.1. The van der Waals surface area contributed by atoms with Crippen LogP contribution in [0.15, 0.2) is 24.3 Å². The Morgan fingerprint density at radius 1 is 1.29 bits per heavy atom. The van der Waals surface area contributed by atoms with Crippen LogP contribution in [0.2, 0.25) is 0 Å². The number of pyridine rings is 1. The SMILES string of the molecule is N#Cc1cc2c(nc1Oc1c(N)cccc1F)CCCC2. The number of hydrogen-bond acceptors (Lipinski definition) is 4. The second-order valence-electron chi connectivity index (χ2n) is 5.03. The number of halogens is 1. The average Bonchev–Trinajstić information content (AvgIpc) is 2.50. The summed E-state index contributed by atoms with van der Waals surface area (Å²) in [6, 6.07) is 8.15. The van der Waals surface area contributed by atoms with E-state index in [0.29, 0.717) is 5.56 Å². The molecule has 0 aliphatic heterocycles. The summed E-state index contributed by atoms with van der Waals surface area (Å²) in [5.41, 5.74) is 8.20. The van der Waals surface area contributed by atoms with Gasteiger partial charge in [0.1, 0.15) is 11.6 Å². The summed E-state index contributed by atoms with van der Waals surface area (Å²) >= 11 is 0. The number of aromatic nitrogens is 1. The molecule has 0 fully saturated rings. The van der Waals surface area contributed by atoms with Crippen molar-refractivity contribution >= 4 is 5.69 Å². The summed E-state index contributed by atoms with van der Waals surface area (Å²) in [6.45, 7) is 0. The normalized spacial score (nSPS) is 13.3. The van der Waals surface area contributed by atoms with Gasteiger partial charge >= 0.3 is 0 Å². The Morgan fingerprint density at radius 2 is 2.10 bits per heavy atom. The number of anilines is 1. The van der Waals surface area contributed by atoms with E-state index in [1.165, 1.54) is 12.1 Å². The van der Waals surface area contributed by atoms with Crippen molar-refractivity contribution in [3.05, 3.63) is 46.9 Å². The summed E-state index contributed by atoms with van der Waals surface area (Å²) in [6.07, 6.45) is 3.93. The van der Waals surface area contributed by atoms with Crippen LogP contribution in [0.4, 0.5) is 10.1 Å². The zero-order valence-electron chi connectivity index (χ0n) is 11.4. The van der Waals surface area contributed by atoms with Crippen LogP contribution >= 0.6 is 0 Å². The number of hydrogen-bond donors (Lipinski definition) is 1. The number of benzene rings is 1. The largest absolute Gasteiger partial charge is 0.432 e. The fourth-order valence-electron chi connectivity index (χ4n) is 2.50. The van der Waals surface area contributed by atoms with E-state index in [-0.39, 0.29) is 17.3 Å². The summed E-state index contributed by atoms with van der Waals surface area (Å²) in [5, 5.41) is 9.24. The molecule has 0 amide bonds. The molecule has 0 saturated carbocycles. The highest BCUT2D eigenvalue weighted by molar-refractivity contribution is 5.55. The molecule has 1 heterocycles. The topological polar surface area (TPSA) is 71.9 Å². The van der Waals surface area contributed by atoms with E-state index in [1.807, 2.05) is 0 Å². The van der Waals surface area contributed by atoms with Gasteiger partial charge in [0, 0.05) is 5.69 Å². The summed E-state index contributed by atoms with van der Waals surface area (Å²) < 4.78 is 19.3. The molecule has 0 bridgehead atoms. The van der Waals surface area contributed by atoms with Crippen LogP contribution in [0.25, 0.3) is 0 Å². The number of para-hydroxylation sites is 1. The molecular weight excluding hydrogens is 269 g/mol. The van der Waals surface area contributed by atoms with Gasteiger partial charge in [0.25, 0.3) is 0 Å². The third kappa shape index (κ3) is 2.52. The second-order valence-corrected chi connectivity index (χ2v) is 5.03. The molecule has 1 aliphatic carbocycles. The van der Waals surface area contributed by atoms with Crippen molar-refractivity contribution in [2.24, 2.45) is 0 Å². The Balaban J connectivity index is 2.04. The molecule has 0 unspecified atom stereocenters. The predicted octanol–water partition coefficient (Wildman–Crippen LogP) is 3.35. The Morgan fingerprint density at radius 3 is 2.86 bits per heavy atom. The van der Waals surface area contributed by atoms with Gasteiger partial charge in [-0.25, -0.2) is 9.37 Å². The third-order valence-electron chi connectivity index (χ3n) is 3.58. The van der Waals surface area contributed by atoms with Crippen molar-refractivity contribution in [2.45, 2.75) is 25.7 Å². The maximum Gasteiger partial charge on any atom is 0.237 e. The summed E-state index contributed by atoms with van der Waals surface area (Å²) in [7, 11) is 0. The fraction of sp³-hybridized carbons (Fsp3) is 0.250. The molecule has 4 nitrogen and oxygen atoms in total. The first-order chi connectivity index (χ1) is 10.2. The van der Waals surface area contributed by atoms with Crippen LogP contribution in [-0.2, 0) is 12.8 Å². The molecule has 1 aromatic carbocycles. The second kappa shape index (κ2) is 5.41. The first-order valence-corrected chi connectivity index (χ1v) is 6.84. The number of nitrogens with zero attached hydrogens (tertiary/aromatic N) is 2. The van der Waals surface area contributed by atoms with Crippen LogP contribution < -0.4 is 10.5 Å². The lowest BCUT2D eigenvalue weighted by atomic mass is 9.95. The first kappa shape index (κ1) is 13.4. The van der Waals surface area contributed by atoms with Gasteiger partial charge in [0.15, 0.2) is 11.6 Å². The number of rotatable bonds is 2. The van der Waals surface area contributed by atoms with Crippen molar-refractivity contribution < 1.29 is 9.13 Å². The molecule has 0 spiro atoms. The van der Waals surface area contributed by atoms with Gasteiger partial charge in [-0.3, -0.25) is 0 Å². The maximum atomic E-state index is 13.8. The van der Waals surface area contributed by atoms with Crippen LogP contribution in [-0.4, -0.2) is 4.98 Å². The van der Waals surface area contributed by atoms with Gasteiger partial charge in [-0.15, -0.1) is 0 Å². The van der Waals surface area contributed by atoms with E-state index in [9.17, 15) is 9.65 Å². The van der Waals surface area contributed by atoms with Crippen molar-refractivity contribution in [2.75, 3.05) is 5.73 Å². The Kier molecular flexibility index (Phi) is 3.44. The summed E-state index contributed by atoms with van der Waals surface area (Å²) in [5.74, 6) is -0.536. The van der Waals surface area contributed by atoms with E-state index in [1.54, 1.807) is 12.1 Å². The van der Waals surface area contributed by atoms with Gasteiger partial charge in [0.2, 0.25) is 5.88 Å². The van der Waals surface area contributed by atoms with Crippen LogP contribution in [0.1, 0.15) is 29.7 Å². The number of nitriles is 1. The molecule has 1 aliphatic rings. The quantitative estimate of drug-likeness (QED) is 0.858. The molecule has 106 valence electrons. The molecule has 3 rings (SSSR count). The lowest BCUT2D eigenvalue weighted by Gasteiger charge is -2.17. The van der Waals surface area contributed by atoms with E-state index in [2.05, 4.69) is 11.1 Å². The van der Waals surface area contributed by atoms with E-state index >= 15 is 0 Å². The zero-order chi connectivity index (χ0) is 14.8. The van der Waals surface area contributed by atoms with Crippen LogP contribution in [0, 0.1) is 17.1 Å². The van der Waals surface area contributed by atoms with Crippen LogP contribution in [0.5, 0.6) is 11.6 Å². The van der Waals surface area contributed by atoms with Gasteiger partial charge in [-0.2, -0.15) is 5.26 Å². The zero-order valence-corrected chi connectivity index (χ0v) is 11.4. The molecule has 0 radical (unpaired) electrons.